The Labute approximate surface area is 870 Å². The summed E-state index contributed by atoms with van der Waals surface area (Å²) in [4.78, 5) is 43.7. The number of carbonyl (C=O) groups excluding carboxylic acids is 3. The van der Waals surface area contributed by atoms with Crippen molar-refractivity contribution in [1.29, 1.82) is 0 Å². The molecule has 4 heterocycles. The summed E-state index contributed by atoms with van der Waals surface area (Å²) in [6.07, 6.45) is 1.40. The molecule has 0 amide bonds. The van der Waals surface area contributed by atoms with Crippen LogP contribution in [0.15, 0.2) is 34.9 Å². The van der Waals surface area contributed by atoms with Crippen molar-refractivity contribution in [2.24, 2.45) is 148 Å². The molecule has 16 rings (SSSR count). The monoisotopic (exact) mass is 2070 g/mol. The summed E-state index contributed by atoms with van der Waals surface area (Å²) < 4.78 is 42.2. The molecule has 12 aliphatic carbocycles. The lowest BCUT2D eigenvalue weighted by Gasteiger charge is -2.65. The van der Waals surface area contributed by atoms with Gasteiger partial charge in [-0.1, -0.05) is 173 Å². The van der Waals surface area contributed by atoms with Crippen LogP contribution in [0, 0.1) is 148 Å². The Balaban J connectivity index is 0.000000175. The SMILES string of the molecule is C[C@@H]1[C@@H](O)[C@H](CC[C@H]2O[C@@H](O[C@H](CC[C@@H](C)C3CC[C@@]4(C)C5CC=C6C(CC[C@H](O)C6(C)C)[C@]5(C)C(=O)C[C@]34C)C(C)(C)O)[C@H](O)[C@@H](O)[C@@H]2O)O[C@H](CO)[C@H]1O.C[C@H](CC[C@@H](O)C(C)(C)O)C1CC[C@@]2(C)C3CC=C4C(CC[C@H](O[C@@H]5O[C@H](CO)[C@@H](O)[C@H](O)[C@H]5O)C4(C)C)[C@]3(C)C(=O)C[C@]12C.C[C@H]1[C@H](O)[C@@H](O)[C@H](O[C@H](CC[C@@H](C)C2CC[C@@]3(C)C4CC=C5C(CC[C@H](O)C5(C)C)[C@]4(C)C(=O)C[C@]23C)C(C)(C)O)O[C@@H]1CO. The van der Waals surface area contributed by atoms with Crippen LogP contribution < -0.4 is 0 Å². The number of hydrogen-bond acceptors (Lipinski definition) is 29. The van der Waals surface area contributed by atoms with Crippen LogP contribution in [-0.2, 0) is 47.5 Å². The van der Waals surface area contributed by atoms with E-state index >= 15 is 0 Å². The molecule has 0 aromatic heterocycles. The van der Waals surface area contributed by atoms with Crippen molar-refractivity contribution >= 4 is 17.3 Å². The van der Waals surface area contributed by atoms with Gasteiger partial charge in [-0.3, -0.25) is 14.4 Å². The van der Waals surface area contributed by atoms with E-state index in [0.29, 0.717) is 92.9 Å². The third-order valence-electron chi connectivity index (χ3n) is 45.9. The number of carbonyl (C=O) groups is 3. The van der Waals surface area contributed by atoms with Gasteiger partial charge in [-0.25, -0.2) is 0 Å². The zero-order valence-electron chi connectivity index (χ0n) is 93.3. The molecule has 9 unspecified atom stereocenters. The molecule has 0 aromatic rings. The maximum atomic E-state index is 14.6. The quantitative estimate of drug-likeness (QED) is 0.0340. The zero-order valence-corrected chi connectivity index (χ0v) is 93.3. The van der Waals surface area contributed by atoms with Gasteiger partial charge in [0.1, 0.15) is 72.3 Å². The molecule has 0 bridgehead atoms. The summed E-state index contributed by atoms with van der Waals surface area (Å²) in [5, 5.41) is 200. The van der Waals surface area contributed by atoms with Crippen LogP contribution in [0.2, 0.25) is 0 Å². The molecular weight excluding hydrogens is 1870 g/mol. The first-order chi connectivity index (χ1) is 67.4. The summed E-state index contributed by atoms with van der Waals surface area (Å²) >= 11 is 0. The molecule has 0 aromatic carbocycles. The molecule has 47 atom stereocenters. The molecule has 9 saturated carbocycles. The molecule has 19 N–H and O–H groups in total. The van der Waals surface area contributed by atoms with Gasteiger partial charge in [0.05, 0.1) is 110 Å². The minimum atomic E-state index is -1.59. The maximum absolute atomic E-state index is 14.6. The van der Waals surface area contributed by atoms with Crippen molar-refractivity contribution in [2.45, 2.75) is 511 Å². The molecule has 29 heteroatoms. The number of hydrogen-bond donors (Lipinski definition) is 19. The molecule has 4 aliphatic heterocycles. The second kappa shape index (κ2) is 42.5. The summed E-state index contributed by atoms with van der Waals surface area (Å²) in [6.45, 7) is 52.7. The number of rotatable bonds is 27. The highest BCUT2D eigenvalue weighted by atomic mass is 16.7. The van der Waals surface area contributed by atoms with Crippen molar-refractivity contribution in [3.63, 3.8) is 0 Å². The molecule has 146 heavy (non-hydrogen) atoms. The lowest BCUT2D eigenvalue weighted by molar-refractivity contribution is -0.321. The Morgan fingerprint density at radius 3 is 1.03 bits per heavy atom. The van der Waals surface area contributed by atoms with Gasteiger partial charge >= 0.3 is 0 Å². The van der Waals surface area contributed by atoms with E-state index in [-0.39, 0.29) is 128 Å². The van der Waals surface area contributed by atoms with E-state index in [1.54, 1.807) is 55.4 Å². The molecule has 0 spiro atoms. The first kappa shape index (κ1) is 119. The van der Waals surface area contributed by atoms with Gasteiger partial charge in [0, 0.05) is 63.6 Å². The van der Waals surface area contributed by atoms with Crippen molar-refractivity contribution < 1.29 is 145 Å². The lowest BCUT2D eigenvalue weighted by Crippen LogP contribution is -2.64. The fourth-order valence-corrected chi connectivity index (χ4v) is 35.0. The third kappa shape index (κ3) is 19.9. The van der Waals surface area contributed by atoms with E-state index in [9.17, 15) is 111 Å². The Hall–Kier alpha value is -2.81. The summed E-state index contributed by atoms with van der Waals surface area (Å²) in [7, 11) is 0. The number of ketones is 3. The number of ether oxygens (including phenoxy) is 7. The smallest absolute Gasteiger partial charge is 0.187 e. The van der Waals surface area contributed by atoms with E-state index in [4.69, 9.17) is 33.2 Å². The topological polar surface area (TPSA) is 500 Å². The minimum absolute atomic E-state index is 0.00909. The molecular formula is C117H196O29. The second-order valence-electron chi connectivity index (χ2n) is 55.6. The standard InChI is InChI=1S/C44H74O12.C37H62O8.C36H60O9/c1-22(24-18-19-42(7)30-15-11-25-26(12-16-31(46)40(25,3)4)44(30,9)32(47)20-43(24,42)8)10-17-33(41(5,6)53)56-39-38(52)37(51)36(50)28(55-39)14-13-27-34(48)23(2)35(49)29(21-45)54-27;1-20(10-15-29(34(5,6)43)45-32-31(42)30(41)21(2)25(19-38)44-32)22-16-17-35(7)26-13-11-23-24(12-14-27(39)33(23,3)4)37(26,9)28(40)18-36(22,35)8;1-19(9-13-25(38)33(4,5)43)20-15-16-34(6)24-12-10-21-22(36(24,8)26(39)17-35(20,34)7)11-14-27(32(21,2)3)45-31-30(42)29(41)28(40)23(18-37)44-31/h11,22-24,26-31,33-39,45-46,48-53H,10,12-21H2,1-9H3;11,20-22,24-27,29-32,38-39,41-43H,10,12-19H2,1-9H3;10,19-20,22-25,27-31,37-38,40-43H,9,11-18H2,1-8H3/t22-,23-,24?,26?,27+,28-,29-,30?,31+,33-,34-,35+,36-,37+,38-,39+,42+,43-,44+;20-,21-,22?,24?,25-,26?,27+,29-,30+,31-,32+,35+,36-,37+;19-,20?,22?,23-,24?,25-,27+,28-,29+,30-,31+,34+,35-,36+/m111/s1. The largest absolute Gasteiger partial charge is 0.394 e. The van der Waals surface area contributed by atoms with Gasteiger partial charge in [-0.2, -0.15) is 0 Å². The lowest BCUT2D eigenvalue weighted by atomic mass is 9.38. The minimum Gasteiger partial charge on any atom is -0.394 e. The van der Waals surface area contributed by atoms with E-state index < -0.39 is 198 Å². The number of fused-ring (bicyclic) bond motifs is 15. The van der Waals surface area contributed by atoms with Gasteiger partial charge in [-0.15, -0.1) is 0 Å². The predicted octanol–water partition coefficient (Wildman–Crippen LogP) is 11.7. The molecule has 13 fully saturated rings. The molecule has 29 nitrogen and oxygen atoms in total. The van der Waals surface area contributed by atoms with Gasteiger partial charge in [0.25, 0.3) is 0 Å². The first-order valence-corrected chi connectivity index (χ1v) is 56.6. The average Bonchev–Trinajstić information content (AvgIpc) is 1.44. The van der Waals surface area contributed by atoms with Crippen LogP contribution >= 0.6 is 0 Å². The van der Waals surface area contributed by atoms with Crippen LogP contribution in [0.3, 0.4) is 0 Å². The van der Waals surface area contributed by atoms with Gasteiger partial charge in [0.15, 0.2) is 18.9 Å². The van der Waals surface area contributed by atoms with Gasteiger partial charge in [0.2, 0.25) is 0 Å². The van der Waals surface area contributed by atoms with Gasteiger partial charge in [-0.05, 0) is 293 Å². The fraction of sp³-hybridized carbons (Fsp3) is 0.923. The number of Topliss-reactive ketones (excluding diaryl/α,β-unsaturated/α-hetero) is 3. The zero-order chi connectivity index (χ0) is 108. The Morgan fingerprint density at radius 2 is 0.664 bits per heavy atom. The number of aliphatic hydroxyl groups excluding tert-OH is 16. The fourth-order valence-electron chi connectivity index (χ4n) is 35.0. The highest BCUT2D eigenvalue weighted by Crippen LogP contribution is 2.79. The van der Waals surface area contributed by atoms with E-state index in [2.05, 4.69) is 143 Å². The summed E-state index contributed by atoms with van der Waals surface area (Å²) in [5.74, 6) is 2.95. The first-order valence-electron chi connectivity index (χ1n) is 56.6. The van der Waals surface area contributed by atoms with Gasteiger partial charge < -0.3 is 130 Å². The van der Waals surface area contributed by atoms with Crippen molar-refractivity contribution in [3.05, 3.63) is 34.9 Å². The van der Waals surface area contributed by atoms with Crippen LogP contribution in [0.1, 0.15) is 347 Å². The molecule has 4 saturated heterocycles. The van der Waals surface area contributed by atoms with Crippen LogP contribution in [0.5, 0.6) is 0 Å². The number of allylic oxidation sites excluding steroid dienone is 3. The Bertz CT molecular complexity index is 4620. The molecule has 838 valence electrons. The Morgan fingerprint density at radius 1 is 0.349 bits per heavy atom. The predicted molar refractivity (Wildman–Crippen MR) is 548 cm³/mol. The van der Waals surface area contributed by atoms with Crippen LogP contribution in [-0.4, -0.2) is 298 Å². The normalized spacial score (nSPS) is 48.2. The van der Waals surface area contributed by atoms with E-state index in [0.717, 1.165) is 96.3 Å². The van der Waals surface area contributed by atoms with Crippen LogP contribution in [0.4, 0.5) is 0 Å². The highest BCUT2D eigenvalue weighted by molar-refractivity contribution is 5.90. The summed E-state index contributed by atoms with van der Waals surface area (Å²) in [5.41, 5.74) is -2.99. The highest BCUT2D eigenvalue weighted by Gasteiger charge is 2.75. The average molecular weight is 2070 g/mol. The van der Waals surface area contributed by atoms with Crippen LogP contribution in [0.25, 0.3) is 0 Å². The summed E-state index contributed by atoms with van der Waals surface area (Å²) in [6, 6.07) is 0. The third-order valence-corrected chi connectivity index (χ3v) is 45.9. The van der Waals surface area contributed by atoms with Crippen molar-refractivity contribution in [3.8, 4) is 0 Å². The van der Waals surface area contributed by atoms with Crippen molar-refractivity contribution in [2.75, 3.05) is 19.8 Å². The van der Waals surface area contributed by atoms with E-state index in [1.165, 1.54) is 16.7 Å². The Kier molecular flexibility index (Phi) is 34.6. The maximum Gasteiger partial charge on any atom is 0.187 e. The molecule has 0 radical (unpaired) electrons. The van der Waals surface area contributed by atoms with Crippen molar-refractivity contribution in [1.82, 2.24) is 0 Å². The van der Waals surface area contributed by atoms with E-state index in [1.807, 2.05) is 0 Å². The second-order valence-corrected chi connectivity index (χ2v) is 55.6. The number of aliphatic hydroxyl groups is 19. The molecule has 16 aliphatic rings.